The van der Waals surface area contributed by atoms with Crippen LogP contribution in [0, 0.1) is 18.3 Å². The number of rotatable bonds is 0. The van der Waals surface area contributed by atoms with Crippen LogP contribution in [0.15, 0.2) is 12.1 Å². The van der Waals surface area contributed by atoms with Crippen LogP contribution >= 0.6 is 0 Å². The van der Waals surface area contributed by atoms with Crippen molar-refractivity contribution >= 4 is 5.83 Å². The number of fused-ring (bicyclic) bond motifs is 1. The minimum atomic E-state index is -0.205. The van der Waals surface area contributed by atoms with Crippen LogP contribution in [0.5, 0.6) is 0 Å². The molecule has 1 unspecified atom stereocenters. The summed E-state index contributed by atoms with van der Waals surface area (Å²) in [7, 11) is 1.87. The van der Waals surface area contributed by atoms with Gasteiger partial charge in [-0.1, -0.05) is 0 Å². The van der Waals surface area contributed by atoms with Crippen molar-refractivity contribution in [2.24, 2.45) is 7.05 Å². The molecule has 0 saturated carbocycles. The van der Waals surface area contributed by atoms with Crippen molar-refractivity contribution < 1.29 is 4.39 Å². The van der Waals surface area contributed by atoms with Crippen molar-refractivity contribution in [3.63, 3.8) is 0 Å². The van der Waals surface area contributed by atoms with Gasteiger partial charge in [-0.15, -0.1) is 0 Å². The fraction of sp³-hybridized carbons (Fsp3) is 0.364. The zero-order valence-corrected chi connectivity index (χ0v) is 8.21. The zero-order valence-electron chi connectivity index (χ0n) is 8.21. The number of allylic oxidation sites excluding steroid dienone is 1. The van der Waals surface area contributed by atoms with E-state index in [-0.39, 0.29) is 11.7 Å². The molecule has 0 spiro atoms. The summed E-state index contributed by atoms with van der Waals surface area (Å²) in [6.07, 6.45) is 1.97. The minimum Gasteiger partial charge on any atom is -0.350 e. The van der Waals surface area contributed by atoms with E-state index in [4.69, 9.17) is 5.26 Å². The Hall–Kier alpha value is -1.56. The van der Waals surface area contributed by atoms with Gasteiger partial charge in [0.15, 0.2) is 0 Å². The van der Waals surface area contributed by atoms with Crippen LogP contribution in [0.4, 0.5) is 4.39 Å². The normalized spacial score (nSPS) is 19.9. The molecule has 0 aromatic carbocycles. The molecule has 1 heterocycles. The largest absolute Gasteiger partial charge is 0.350 e. The smallest absolute Gasteiger partial charge is 0.128 e. The average Bonchev–Trinajstić information content (AvgIpc) is 2.47. The summed E-state index contributed by atoms with van der Waals surface area (Å²) in [6, 6.07) is 4.00. The Balaban J connectivity index is 2.67. The maximum atomic E-state index is 13.4. The highest BCUT2D eigenvalue weighted by atomic mass is 19.1. The van der Waals surface area contributed by atoms with Crippen molar-refractivity contribution in [1.82, 2.24) is 4.57 Å². The fourth-order valence-corrected chi connectivity index (χ4v) is 1.92. The van der Waals surface area contributed by atoms with Crippen molar-refractivity contribution in [3.8, 4) is 6.07 Å². The summed E-state index contributed by atoms with van der Waals surface area (Å²) in [5.74, 6) is -0.404. The van der Waals surface area contributed by atoms with E-state index in [0.29, 0.717) is 12.0 Å². The van der Waals surface area contributed by atoms with E-state index in [1.54, 1.807) is 6.07 Å². The molecule has 14 heavy (non-hydrogen) atoms. The lowest BCUT2D eigenvalue weighted by molar-refractivity contribution is 0.689. The molecule has 0 N–H and O–H groups in total. The SMILES string of the molecule is Cc1cc2c(n1C)C(C#N)CC=C2F. The van der Waals surface area contributed by atoms with E-state index in [1.807, 2.05) is 18.5 Å². The molecule has 0 saturated heterocycles. The minimum absolute atomic E-state index is 0.199. The first-order valence-corrected chi connectivity index (χ1v) is 4.57. The lowest BCUT2D eigenvalue weighted by Gasteiger charge is -2.15. The van der Waals surface area contributed by atoms with Crippen LogP contribution in [-0.4, -0.2) is 4.57 Å². The number of halogens is 1. The Morgan fingerprint density at radius 2 is 2.36 bits per heavy atom. The number of hydrogen-bond donors (Lipinski definition) is 0. The Morgan fingerprint density at radius 1 is 1.64 bits per heavy atom. The highest BCUT2D eigenvalue weighted by Gasteiger charge is 2.25. The predicted octanol–water partition coefficient (Wildman–Crippen LogP) is 2.65. The standard InChI is InChI=1S/C11H11FN2/c1-7-5-9-10(12)4-3-8(6-13)11(9)14(7)2/h4-5,8H,3H2,1-2H3. The third-order valence-electron chi connectivity index (χ3n) is 2.80. The van der Waals surface area contributed by atoms with Gasteiger partial charge in [0.2, 0.25) is 0 Å². The molecule has 0 fully saturated rings. The van der Waals surface area contributed by atoms with Gasteiger partial charge in [0, 0.05) is 24.0 Å². The second-order valence-electron chi connectivity index (χ2n) is 3.61. The second-order valence-corrected chi connectivity index (χ2v) is 3.61. The second kappa shape index (κ2) is 2.98. The summed E-state index contributed by atoms with van der Waals surface area (Å²) in [5.41, 5.74) is 2.38. The van der Waals surface area contributed by atoms with Crippen LogP contribution < -0.4 is 0 Å². The van der Waals surface area contributed by atoms with Gasteiger partial charge < -0.3 is 4.57 Å². The van der Waals surface area contributed by atoms with Gasteiger partial charge in [-0.25, -0.2) is 4.39 Å². The molecular weight excluding hydrogens is 179 g/mol. The van der Waals surface area contributed by atoms with Crippen molar-refractivity contribution in [1.29, 1.82) is 5.26 Å². The highest BCUT2D eigenvalue weighted by molar-refractivity contribution is 5.66. The quantitative estimate of drug-likeness (QED) is 0.618. The summed E-state index contributed by atoms with van der Waals surface area (Å²) in [4.78, 5) is 0. The monoisotopic (exact) mass is 190 g/mol. The van der Waals surface area contributed by atoms with E-state index in [2.05, 4.69) is 6.07 Å². The Bertz CT molecular complexity index is 449. The summed E-state index contributed by atoms with van der Waals surface area (Å²) < 4.78 is 15.3. The number of aromatic nitrogens is 1. The van der Waals surface area contributed by atoms with Gasteiger partial charge in [0.1, 0.15) is 5.83 Å². The summed E-state index contributed by atoms with van der Waals surface area (Å²) in [6.45, 7) is 1.92. The maximum Gasteiger partial charge on any atom is 0.128 e. The molecule has 1 aliphatic rings. The zero-order chi connectivity index (χ0) is 10.3. The lowest BCUT2D eigenvalue weighted by Crippen LogP contribution is -2.08. The molecular formula is C11H11FN2. The van der Waals surface area contributed by atoms with E-state index in [9.17, 15) is 4.39 Å². The Morgan fingerprint density at radius 3 is 3.00 bits per heavy atom. The molecule has 1 aliphatic carbocycles. The summed E-state index contributed by atoms with van der Waals surface area (Å²) >= 11 is 0. The highest BCUT2D eigenvalue weighted by Crippen LogP contribution is 2.36. The molecule has 1 atom stereocenters. The maximum absolute atomic E-state index is 13.4. The molecule has 1 aromatic heterocycles. The van der Waals surface area contributed by atoms with E-state index >= 15 is 0 Å². The van der Waals surface area contributed by atoms with Gasteiger partial charge in [0.05, 0.1) is 12.0 Å². The molecule has 1 aromatic rings. The van der Waals surface area contributed by atoms with Crippen molar-refractivity contribution in [2.75, 3.05) is 0 Å². The molecule has 0 amide bonds. The summed E-state index contributed by atoms with van der Waals surface area (Å²) in [5, 5.41) is 8.94. The number of nitriles is 1. The van der Waals surface area contributed by atoms with Crippen LogP contribution in [-0.2, 0) is 7.05 Å². The van der Waals surface area contributed by atoms with Gasteiger partial charge in [-0.2, -0.15) is 5.26 Å². The topological polar surface area (TPSA) is 28.7 Å². The molecule has 2 nitrogen and oxygen atoms in total. The molecule has 0 aliphatic heterocycles. The first-order valence-electron chi connectivity index (χ1n) is 4.57. The van der Waals surface area contributed by atoms with E-state index < -0.39 is 0 Å². The first kappa shape index (κ1) is 9.01. The van der Waals surface area contributed by atoms with Gasteiger partial charge in [-0.3, -0.25) is 0 Å². The van der Waals surface area contributed by atoms with Crippen LogP contribution in [0.3, 0.4) is 0 Å². The van der Waals surface area contributed by atoms with Crippen LogP contribution in [0.2, 0.25) is 0 Å². The van der Waals surface area contributed by atoms with E-state index in [1.165, 1.54) is 6.08 Å². The Kier molecular flexibility index (Phi) is 1.92. The van der Waals surface area contributed by atoms with Crippen molar-refractivity contribution in [3.05, 3.63) is 29.1 Å². The van der Waals surface area contributed by atoms with Gasteiger partial charge >= 0.3 is 0 Å². The average molecular weight is 190 g/mol. The third-order valence-corrected chi connectivity index (χ3v) is 2.80. The number of hydrogen-bond acceptors (Lipinski definition) is 1. The predicted molar refractivity (Wildman–Crippen MR) is 52.2 cm³/mol. The van der Waals surface area contributed by atoms with Crippen LogP contribution in [0.1, 0.15) is 29.3 Å². The molecule has 0 radical (unpaired) electrons. The number of aryl methyl sites for hydroxylation is 1. The number of nitrogens with zero attached hydrogens (tertiary/aromatic N) is 2. The first-order chi connectivity index (χ1) is 6.65. The molecule has 0 bridgehead atoms. The van der Waals surface area contributed by atoms with Gasteiger partial charge in [-0.05, 0) is 25.5 Å². The molecule has 72 valence electrons. The van der Waals surface area contributed by atoms with Crippen LogP contribution in [0.25, 0.3) is 5.83 Å². The fourth-order valence-electron chi connectivity index (χ4n) is 1.92. The van der Waals surface area contributed by atoms with E-state index in [0.717, 1.165) is 11.4 Å². The van der Waals surface area contributed by atoms with Gasteiger partial charge in [0.25, 0.3) is 0 Å². The Labute approximate surface area is 82.3 Å². The lowest BCUT2D eigenvalue weighted by atomic mass is 9.93. The molecule has 3 heteroatoms. The third kappa shape index (κ3) is 1.07. The molecule has 2 rings (SSSR count). The van der Waals surface area contributed by atoms with Crippen molar-refractivity contribution in [2.45, 2.75) is 19.3 Å².